The monoisotopic (exact) mass is 357 g/mol. The number of aromatic nitrogens is 1. The molecule has 0 fully saturated rings. The summed E-state index contributed by atoms with van der Waals surface area (Å²) in [5.74, 6) is 0.0293. The first-order valence-electron chi connectivity index (χ1n) is 9.25. The van der Waals surface area contributed by atoms with E-state index in [1.165, 1.54) is 16.7 Å². The molecule has 4 heteroatoms. The number of nitrogens with zero attached hydrogens (tertiary/aromatic N) is 2. The second-order valence-electron chi connectivity index (χ2n) is 7.15. The summed E-state index contributed by atoms with van der Waals surface area (Å²) in [5.41, 5.74) is 7.39. The lowest BCUT2D eigenvalue weighted by Gasteiger charge is -2.29. The van der Waals surface area contributed by atoms with Crippen molar-refractivity contribution in [1.29, 1.82) is 0 Å². The van der Waals surface area contributed by atoms with Crippen LogP contribution in [0.25, 0.3) is 0 Å². The van der Waals surface area contributed by atoms with Crippen molar-refractivity contribution in [2.75, 3.05) is 11.9 Å². The van der Waals surface area contributed by atoms with Crippen LogP contribution in [0.3, 0.4) is 0 Å². The molecule has 0 saturated heterocycles. The third kappa shape index (κ3) is 3.70. The van der Waals surface area contributed by atoms with Gasteiger partial charge in [-0.25, -0.2) is 0 Å². The Hall–Kier alpha value is -3.14. The molecule has 3 aromatic rings. The number of benzene rings is 2. The Labute approximate surface area is 159 Å². The van der Waals surface area contributed by atoms with Crippen LogP contribution in [-0.2, 0) is 13.0 Å². The van der Waals surface area contributed by atoms with Crippen molar-refractivity contribution in [2.24, 2.45) is 0 Å². The average molecular weight is 357 g/mol. The summed E-state index contributed by atoms with van der Waals surface area (Å²) in [4.78, 5) is 19.2. The molecule has 1 aliphatic rings. The molecular formula is C23H23N3O. The number of amides is 1. The summed E-state index contributed by atoms with van der Waals surface area (Å²) in [7, 11) is 0. The highest BCUT2D eigenvalue weighted by atomic mass is 16.2. The van der Waals surface area contributed by atoms with Gasteiger partial charge in [-0.2, -0.15) is 0 Å². The Bertz CT molecular complexity index is 996. The van der Waals surface area contributed by atoms with Crippen molar-refractivity contribution >= 4 is 17.3 Å². The van der Waals surface area contributed by atoms with Gasteiger partial charge in [0.25, 0.3) is 5.91 Å². The van der Waals surface area contributed by atoms with Gasteiger partial charge in [-0.15, -0.1) is 0 Å². The number of pyridine rings is 1. The molecule has 4 nitrogen and oxygen atoms in total. The van der Waals surface area contributed by atoms with Gasteiger partial charge in [0.05, 0.1) is 17.4 Å². The van der Waals surface area contributed by atoms with Gasteiger partial charge < -0.3 is 10.2 Å². The van der Waals surface area contributed by atoms with E-state index in [-0.39, 0.29) is 5.91 Å². The number of aryl methyl sites for hydroxylation is 2. The maximum atomic E-state index is 13.0. The van der Waals surface area contributed by atoms with Crippen LogP contribution in [0.5, 0.6) is 0 Å². The van der Waals surface area contributed by atoms with Crippen LogP contribution in [0.1, 0.15) is 32.6 Å². The highest BCUT2D eigenvalue weighted by Gasteiger charge is 2.22. The van der Waals surface area contributed by atoms with Crippen molar-refractivity contribution in [3.63, 3.8) is 0 Å². The van der Waals surface area contributed by atoms with E-state index in [9.17, 15) is 4.79 Å². The molecule has 0 bridgehead atoms. The summed E-state index contributed by atoms with van der Waals surface area (Å²) in [6, 6.07) is 16.5. The Balaban J connectivity index is 1.54. The lowest BCUT2D eigenvalue weighted by atomic mass is 9.99. The first-order chi connectivity index (χ1) is 13.1. The molecule has 1 aromatic heterocycles. The number of fused-ring (bicyclic) bond motifs is 1. The van der Waals surface area contributed by atoms with Gasteiger partial charge in [0.2, 0.25) is 0 Å². The highest BCUT2D eigenvalue weighted by Crippen LogP contribution is 2.24. The van der Waals surface area contributed by atoms with E-state index in [1.54, 1.807) is 12.4 Å². The van der Waals surface area contributed by atoms with Crippen LogP contribution < -0.4 is 5.32 Å². The van der Waals surface area contributed by atoms with Crippen LogP contribution in [0, 0.1) is 13.8 Å². The van der Waals surface area contributed by atoms with Gasteiger partial charge in [-0.1, -0.05) is 36.4 Å². The zero-order valence-electron chi connectivity index (χ0n) is 15.7. The quantitative estimate of drug-likeness (QED) is 0.743. The molecule has 0 radical (unpaired) electrons. The Morgan fingerprint density at radius 3 is 2.70 bits per heavy atom. The van der Waals surface area contributed by atoms with E-state index in [1.807, 2.05) is 17.0 Å². The number of hydrogen-bond donors (Lipinski definition) is 1. The van der Waals surface area contributed by atoms with Crippen LogP contribution >= 0.6 is 0 Å². The molecule has 136 valence electrons. The third-order valence-electron chi connectivity index (χ3n) is 5.08. The van der Waals surface area contributed by atoms with Crippen molar-refractivity contribution < 1.29 is 4.79 Å². The molecule has 2 heterocycles. The fourth-order valence-corrected chi connectivity index (χ4v) is 3.50. The smallest absolute Gasteiger partial charge is 0.255 e. The fourth-order valence-electron chi connectivity index (χ4n) is 3.50. The second kappa shape index (κ2) is 7.23. The van der Waals surface area contributed by atoms with E-state index in [4.69, 9.17) is 0 Å². The van der Waals surface area contributed by atoms with Crippen LogP contribution in [0.15, 0.2) is 60.9 Å². The standard InChI is InChI=1S/C23H23N3O/c1-16-7-8-17(2)22(11-16)25-21-12-20(13-24-14-21)23(27)26-10-9-18-5-3-4-6-19(18)15-26/h3-8,11-14,25H,9-10,15H2,1-2H3. The van der Waals surface area contributed by atoms with Crippen molar-refractivity contribution in [3.8, 4) is 0 Å². The van der Waals surface area contributed by atoms with Gasteiger partial charge in [0, 0.05) is 25.0 Å². The van der Waals surface area contributed by atoms with Crippen LogP contribution in [0.4, 0.5) is 11.4 Å². The molecule has 1 amide bonds. The first-order valence-corrected chi connectivity index (χ1v) is 9.25. The summed E-state index contributed by atoms with van der Waals surface area (Å²) >= 11 is 0. The summed E-state index contributed by atoms with van der Waals surface area (Å²) in [6.45, 7) is 5.53. The molecule has 0 saturated carbocycles. The molecule has 0 atom stereocenters. The molecule has 4 rings (SSSR count). The van der Waals surface area contributed by atoms with Crippen molar-refractivity contribution in [1.82, 2.24) is 9.88 Å². The molecule has 0 unspecified atom stereocenters. The number of rotatable bonds is 3. The van der Waals surface area contributed by atoms with Gasteiger partial charge in [-0.05, 0) is 54.7 Å². The average Bonchev–Trinajstić information content (AvgIpc) is 2.70. The second-order valence-corrected chi connectivity index (χ2v) is 7.15. The summed E-state index contributed by atoms with van der Waals surface area (Å²) < 4.78 is 0. The van der Waals surface area contributed by atoms with Gasteiger partial charge in [-0.3, -0.25) is 9.78 Å². The van der Waals surface area contributed by atoms with Gasteiger partial charge >= 0.3 is 0 Å². The normalized spacial score (nSPS) is 13.2. The minimum Gasteiger partial charge on any atom is -0.354 e. The SMILES string of the molecule is Cc1ccc(C)c(Nc2cncc(C(=O)N3CCc4ccccc4C3)c2)c1. The Kier molecular flexibility index (Phi) is 4.63. The topological polar surface area (TPSA) is 45.2 Å². The van der Waals surface area contributed by atoms with Gasteiger partial charge in [0.15, 0.2) is 0 Å². The van der Waals surface area contributed by atoms with E-state index in [0.717, 1.165) is 29.9 Å². The zero-order valence-corrected chi connectivity index (χ0v) is 15.7. The zero-order chi connectivity index (χ0) is 18.8. The maximum absolute atomic E-state index is 13.0. The molecule has 0 spiro atoms. The summed E-state index contributed by atoms with van der Waals surface area (Å²) in [5, 5.41) is 3.39. The number of hydrogen-bond acceptors (Lipinski definition) is 3. The lowest BCUT2D eigenvalue weighted by molar-refractivity contribution is 0.0734. The van der Waals surface area contributed by atoms with Crippen molar-refractivity contribution in [2.45, 2.75) is 26.8 Å². The minimum atomic E-state index is 0.0293. The molecule has 0 aliphatic carbocycles. The Morgan fingerprint density at radius 2 is 1.85 bits per heavy atom. The van der Waals surface area contributed by atoms with E-state index in [0.29, 0.717) is 12.1 Å². The van der Waals surface area contributed by atoms with Crippen LogP contribution in [-0.4, -0.2) is 22.3 Å². The predicted octanol–water partition coefficient (Wildman–Crippen LogP) is 4.64. The number of anilines is 2. The first kappa shape index (κ1) is 17.3. The van der Waals surface area contributed by atoms with Crippen molar-refractivity contribution in [3.05, 3.63) is 88.7 Å². The number of nitrogens with one attached hydrogen (secondary N) is 1. The third-order valence-corrected chi connectivity index (χ3v) is 5.08. The molecule has 2 aromatic carbocycles. The molecule has 1 aliphatic heterocycles. The molecule has 1 N–H and O–H groups in total. The minimum absolute atomic E-state index is 0.0293. The Morgan fingerprint density at radius 1 is 1.04 bits per heavy atom. The van der Waals surface area contributed by atoms with E-state index >= 15 is 0 Å². The molecule has 27 heavy (non-hydrogen) atoms. The predicted molar refractivity (Wildman–Crippen MR) is 108 cm³/mol. The van der Waals surface area contributed by atoms with E-state index in [2.05, 4.69) is 60.5 Å². The van der Waals surface area contributed by atoms with E-state index < -0.39 is 0 Å². The van der Waals surface area contributed by atoms with Gasteiger partial charge in [0.1, 0.15) is 0 Å². The largest absolute Gasteiger partial charge is 0.354 e. The number of carbonyl (C=O) groups is 1. The van der Waals surface area contributed by atoms with Crippen LogP contribution in [0.2, 0.25) is 0 Å². The number of carbonyl (C=O) groups excluding carboxylic acids is 1. The summed E-state index contributed by atoms with van der Waals surface area (Å²) in [6.07, 6.45) is 4.30. The molecular weight excluding hydrogens is 334 g/mol. The highest BCUT2D eigenvalue weighted by molar-refractivity contribution is 5.95. The fraction of sp³-hybridized carbons (Fsp3) is 0.217. The lowest BCUT2D eigenvalue weighted by Crippen LogP contribution is -2.36. The maximum Gasteiger partial charge on any atom is 0.255 e.